The fourth-order valence-corrected chi connectivity index (χ4v) is 4.14. The monoisotopic (exact) mass is 466 g/mol. The molecule has 3 aromatic carbocycles. The van der Waals surface area contributed by atoms with E-state index in [-0.39, 0.29) is 5.97 Å². The van der Waals surface area contributed by atoms with Crippen LogP contribution in [0.1, 0.15) is 15.9 Å². The van der Waals surface area contributed by atoms with E-state index < -0.39 is 0 Å². The molecule has 0 unspecified atom stereocenters. The molecule has 1 heterocycles. The second-order valence-corrected chi connectivity index (χ2v) is 8.17. The van der Waals surface area contributed by atoms with Gasteiger partial charge in [-0.3, -0.25) is 0 Å². The Balaban J connectivity index is 1.33. The number of benzene rings is 3. The van der Waals surface area contributed by atoms with Gasteiger partial charge in [0, 0.05) is 37.9 Å². The van der Waals surface area contributed by atoms with Crippen LogP contribution in [0, 0.1) is 0 Å². The predicted molar refractivity (Wildman–Crippen MR) is 131 cm³/mol. The molecule has 0 bridgehead atoms. The summed E-state index contributed by atoms with van der Waals surface area (Å²) < 4.78 is 15.9. The lowest BCUT2D eigenvalue weighted by Gasteiger charge is -2.37. The number of rotatable bonds is 7. The van der Waals surface area contributed by atoms with Crippen LogP contribution in [0.25, 0.3) is 0 Å². The van der Waals surface area contributed by atoms with Crippen LogP contribution >= 0.6 is 11.6 Å². The number of hydrogen-bond donors (Lipinski definition) is 0. The summed E-state index contributed by atoms with van der Waals surface area (Å²) in [5, 5.41) is 0.679. The van der Waals surface area contributed by atoms with Crippen molar-refractivity contribution in [3.8, 4) is 11.5 Å². The van der Waals surface area contributed by atoms with Crippen LogP contribution in [0.2, 0.25) is 5.02 Å². The first kappa shape index (κ1) is 22.8. The zero-order chi connectivity index (χ0) is 23.2. The normalized spacial score (nSPS) is 13.5. The van der Waals surface area contributed by atoms with Crippen LogP contribution in [0.3, 0.4) is 0 Å². The van der Waals surface area contributed by atoms with Crippen molar-refractivity contribution in [3.63, 3.8) is 0 Å². The lowest BCUT2D eigenvalue weighted by molar-refractivity contribution is 0.0600. The van der Waals surface area contributed by atoms with Gasteiger partial charge in [0.05, 0.1) is 30.5 Å². The van der Waals surface area contributed by atoms with Crippen LogP contribution in [-0.4, -0.2) is 46.4 Å². The van der Waals surface area contributed by atoms with Gasteiger partial charge in [-0.2, -0.15) is 0 Å². The fourth-order valence-electron chi connectivity index (χ4n) is 3.85. The quantitative estimate of drug-likeness (QED) is 0.455. The first-order valence-electron chi connectivity index (χ1n) is 10.8. The van der Waals surface area contributed by atoms with Crippen molar-refractivity contribution in [1.29, 1.82) is 0 Å². The van der Waals surface area contributed by atoms with Gasteiger partial charge >= 0.3 is 5.97 Å². The Morgan fingerprint density at radius 3 is 2.09 bits per heavy atom. The maximum absolute atomic E-state index is 11.6. The summed E-state index contributed by atoms with van der Waals surface area (Å²) in [5.41, 5.74) is 3.72. The van der Waals surface area contributed by atoms with Crippen LogP contribution < -0.4 is 19.3 Å². The lowest BCUT2D eigenvalue weighted by atomic mass is 10.1. The summed E-state index contributed by atoms with van der Waals surface area (Å²) in [4.78, 5) is 16.2. The van der Waals surface area contributed by atoms with Crippen molar-refractivity contribution in [3.05, 3.63) is 82.9 Å². The molecule has 0 saturated carbocycles. The third kappa shape index (κ3) is 5.52. The Labute approximate surface area is 199 Å². The number of methoxy groups -OCH3 is 2. The summed E-state index contributed by atoms with van der Waals surface area (Å²) in [6.07, 6.45) is 0. The van der Waals surface area contributed by atoms with E-state index in [0.717, 1.165) is 54.6 Å². The Bertz CT molecular complexity index is 1080. The highest BCUT2D eigenvalue weighted by atomic mass is 35.5. The van der Waals surface area contributed by atoms with Crippen LogP contribution in [0.4, 0.5) is 11.4 Å². The number of carbonyl (C=O) groups excluding carboxylic acids is 1. The van der Waals surface area contributed by atoms with Gasteiger partial charge < -0.3 is 24.0 Å². The summed E-state index contributed by atoms with van der Waals surface area (Å²) in [5.74, 6) is 1.24. The van der Waals surface area contributed by atoms with Gasteiger partial charge in [0.15, 0.2) is 0 Å². The topological polar surface area (TPSA) is 51.2 Å². The van der Waals surface area contributed by atoms with Crippen molar-refractivity contribution in [1.82, 2.24) is 0 Å². The molecule has 33 heavy (non-hydrogen) atoms. The van der Waals surface area contributed by atoms with E-state index in [0.29, 0.717) is 17.2 Å². The van der Waals surface area contributed by atoms with Gasteiger partial charge in [-0.15, -0.1) is 0 Å². The molecule has 1 saturated heterocycles. The summed E-state index contributed by atoms with van der Waals surface area (Å²) in [6, 6.07) is 21.2. The third-order valence-electron chi connectivity index (χ3n) is 5.76. The third-order valence-corrected chi connectivity index (χ3v) is 6.06. The predicted octanol–water partition coefficient (Wildman–Crippen LogP) is 5.04. The van der Waals surface area contributed by atoms with E-state index in [1.165, 1.54) is 7.11 Å². The highest BCUT2D eigenvalue weighted by molar-refractivity contribution is 6.33. The van der Waals surface area contributed by atoms with E-state index in [4.69, 9.17) is 25.8 Å². The molecule has 0 spiro atoms. The van der Waals surface area contributed by atoms with E-state index in [9.17, 15) is 4.79 Å². The Hall–Kier alpha value is -3.38. The number of hydrogen-bond acceptors (Lipinski definition) is 6. The minimum absolute atomic E-state index is 0.322. The molecule has 0 N–H and O–H groups in total. The molecule has 7 heteroatoms. The fraction of sp³-hybridized carbons (Fsp3) is 0.269. The highest BCUT2D eigenvalue weighted by Crippen LogP contribution is 2.31. The molecule has 0 aliphatic carbocycles. The van der Waals surface area contributed by atoms with Crippen LogP contribution in [0.5, 0.6) is 11.5 Å². The summed E-state index contributed by atoms with van der Waals surface area (Å²) in [6.45, 7) is 3.90. The number of ether oxygens (including phenoxy) is 3. The van der Waals surface area contributed by atoms with E-state index in [1.54, 1.807) is 19.2 Å². The first-order valence-corrected chi connectivity index (χ1v) is 11.2. The first-order chi connectivity index (χ1) is 16.1. The molecule has 1 fully saturated rings. The molecule has 0 aromatic heterocycles. The maximum atomic E-state index is 11.6. The van der Waals surface area contributed by atoms with Crippen molar-refractivity contribution in [2.45, 2.75) is 6.61 Å². The molecule has 0 amide bonds. The van der Waals surface area contributed by atoms with Crippen LogP contribution in [0.15, 0.2) is 66.7 Å². The van der Waals surface area contributed by atoms with Gasteiger partial charge in [-0.05, 0) is 54.1 Å². The van der Waals surface area contributed by atoms with Crippen LogP contribution in [-0.2, 0) is 11.3 Å². The molecule has 0 radical (unpaired) electrons. The summed E-state index contributed by atoms with van der Waals surface area (Å²) >= 11 is 6.60. The Kier molecular flexibility index (Phi) is 7.25. The zero-order valence-corrected chi connectivity index (χ0v) is 19.5. The molecular formula is C26H27ClN2O4. The smallest absolute Gasteiger partial charge is 0.337 e. The van der Waals surface area contributed by atoms with Crippen molar-refractivity contribution < 1.29 is 19.0 Å². The molecule has 0 atom stereocenters. The SMILES string of the molecule is COC(=O)c1ccc(N2CCN(c3ccc(OCc4ccc(OC)cc4)cc3Cl)CC2)cc1. The Morgan fingerprint density at radius 2 is 1.48 bits per heavy atom. The maximum Gasteiger partial charge on any atom is 0.337 e. The van der Waals surface area contributed by atoms with Gasteiger partial charge in [0.25, 0.3) is 0 Å². The minimum atomic E-state index is -0.322. The van der Waals surface area contributed by atoms with Crippen molar-refractivity contribution >= 4 is 28.9 Å². The molecular weight excluding hydrogens is 440 g/mol. The standard InChI is InChI=1S/C26H27ClN2O4/c1-31-22-9-3-19(4-10-22)18-33-23-11-12-25(24(27)17-23)29-15-13-28(14-16-29)21-7-5-20(6-8-21)26(30)32-2/h3-12,17H,13-16,18H2,1-2H3. The number of carbonyl (C=O) groups is 1. The van der Waals surface area contributed by atoms with Crippen molar-refractivity contribution in [2.75, 3.05) is 50.2 Å². The largest absolute Gasteiger partial charge is 0.497 e. The minimum Gasteiger partial charge on any atom is -0.497 e. The number of esters is 1. The highest BCUT2D eigenvalue weighted by Gasteiger charge is 2.20. The summed E-state index contributed by atoms with van der Waals surface area (Å²) in [7, 11) is 3.04. The Morgan fingerprint density at radius 1 is 0.848 bits per heavy atom. The molecule has 172 valence electrons. The zero-order valence-electron chi connectivity index (χ0n) is 18.8. The second kappa shape index (κ2) is 10.5. The van der Waals surface area contributed by atoms with Gasteiger partial charge in [-0.1, -0.05) is 23.7 Å². The number of anilines is 2. The molecule has 1 aliphatic rings. The van der Waals surface area contributed by atoms with E-state index >= 15 is 0 Å². The van der Waals surface area contributed by atoms with Gasteiger partial charge in [0.2, 0.25) is 0 Å². The number of nitrogens with zero attached hydrogens (tertiary/aromatic N) is 2. The average molecular weight is 467 g/mol. The molecule has 4 rings (SSSR count). The second-order valence-electron chi connectivity index (χ2n) is 7.76. The number of piperazine rings is 1. The van der Waals surface area contributed by atoms with Gasteiger partial charge in [0.1, 0.15) is 18.1 Å². The van der Waals surface area contributed by atoms with E-state index in [2.05, 4.69) is 9.80 Å². The van der Waals surface area contributed by atoms with Gasteiger partial charge in [-0.25, -0.2) is 4.79 Å². The molecule has 3 aromatic rings. The molecule has 1 aliphatic heterocycles. The average Bonchev–Trinajstić information content (AvgIpc) is 2.87. The van der Waals surface area contributed by atoms with Crippen molar-refractivity contribution in [2.24, 2.45) is 0 Å². The molecule has 6 nitrogen and oxygen atoms in total. The van der Waals surface area contributed by atoms with E-state index in [1.807, 2.05) is 54.6 Å². The lowest BCUT2D eigenvalue weighted by Crippen LogP contribution is -2.46. The number of halogens is 1.